The highest BCUT2D eigenvalue weighted by molar-refractivity contribution is 9.11. The van der Waals surface area contributed by atoms with Crippen molar-refractivity contribution in [3.05, 3.63) is 61.5 Å². The van der Waals surface area contributed by atoms with Gasteiger partial charge < -0.3 is 10.1 Å². The number of hydrogen-bond acceptors (Lipinski definition) is 5. The van der Waals surface area contributed by atoms with Crippen molar-refractivity contribution in [2.45, 2.75) is 0 Å². The molecule has 3 amide bonds. The number of anilines is 1. The SMILES string of the molecule is O=C(COc1c(Br)cc(Br)cc1C=C1C(=O)NC(=S)NC1=O)Nc1ccccc1Cl. The molecule has 0 saturated carbocycles. The Labute approximate surface area is 198 Å². The maximum Gasteiger partial charge on any atom is 0.263 e. The largest absolute Gasteiger partial charge is 0.482 e. The first-order valence-electron chi connectivity index (χ1n) is 8.29. The Hall–Kier alpha value is -2.27. The van der Waals surface area contributed by atoms with Gasteiger partial charge in [0.15, 0.2) is 11.7 Å². The van der Waals surface area contributed by atoms with Crippen molar-refractivity contribution in [2.24, 2.45) is 0 Å². The van der Waals surface area contributed by atoms with Gasteiger partial charge in [-0.05, 0) is 58.5 Å². The van der Waals surface area contributed by atoms with Crippen LogP contribution >= 0.6 is 55.7 Å². The zero-order chi connectivity index (χ0) is 21.8. The number of benzene rings is 2. The normalized spacial score (nSPS) is 13.4. The minimum absolute atomic E-state index is 0.0645. The summed E-state index contributed by atoms with van der Waals surface area (Å²) < 4.78 is 6.86. The third kappa shape index (κ3) is 5.45. The van der Waals surface area contributed by atoms with Crippen LogP contribution in [0.3, 0.4) is 0 Å². The number of hydrogen-bond donors (Lipinski definition) is 3. The van der Waals surface area contributed by atoms with Crippen LogP contribution in [-0.4, -0.2) is 29.4 Å². The first-order chi connectivity index (χ1) is 14.2. The van der Waals surface area contributed by atoms with E-state index in [4.69, 9.17) is 28.6 Å². The first kappa shape index (κ1) is 22.4. The van der Waals surface area contributed by atoms with Crippen molar-refractivity contribution in [2.75, 3.05) is 11.9 Å². The smallest absolute Gasteiger partial charge is 0.263 e. The molecule has 2 aromatic rings. The average Bonchev–Trinajstić information content (AvgIpc) is 2.65. The lowest BCUT2D eigenvalue weighted by Crippen LogP contribution is -2.51. The summed E-state index contributed by atoms with van der Waals surface area (Å²) in [5.74, 6) is -1.44. The van der Waals surface area contributed by atoms with Crippen LogP contribution < -0.4 is 20.7 Å². The van der Waals surface area contributed by atoms with E-state index >= 15 is 0 Å². The Bertz CT molecular complexity index is 1090. The van der Waals surface area contributed by atoms with E-state index in [1.165, 1.54) is 6.08 Å². The van der Waals surface area contributed by atoms with E-state index < -0.39 is 17.7 Å². The third-order valence-corrected chi connectivity index (χ3v) is 5.36. The van der Waals surface area contributed by atoms with Gasteiger partial charge in [0.1, 0.15) is 11.3 Å². The molecule has 0 bridgehead atoms. The van der Waals surface area contributed by atoms with Crippen molar-refractivity contribution in [1.82, 2.24) is 10.6 Å². The molecule has 1 aliphatic heterocycles. The molecular weight excluding hydrogens is 562 g/mol. The van der Waals surface area contributed by atoms with E-state index in [1.807, 2.05) is 0 Å². The summed E-state index contributed by atoms with van der Waals surface area (Å²) in [5, 5.41) is 7.71. The summed E-state index contributed by atoms with van der Waals surface area (Å²) in [6.07, 6.45) is 1.35. The number of nitrogens with one attached hydrogen (secondary N) is 3. The molecule has 154 valence electrons. The lowest BCUT2D eigenvalue weighted by Gasteiger charge is -2.17. The molecule has 0 aliphatic carbocycles. The number of para-hydroxylation sites is 1. The van der Waals surface area contributed by atoms with Crippen LogP contribution in [0.25, 0.3) is 6.08 Å². The van der Waals surface area contributed by atoms with Crippen molar-refractivity contribution in [3.8, 4) is 5.75 Å². The Morgan fingerprint density at radius 2 is 1.83 bits per heavy atom. The molecule has 1 fully saturated rings. The number of ether oxygens (including phenoxy) is 1. The van der Waals surface area contributed by atoms with Crippen molar-refractivity contribution in [1.29, 1.82) is 0 Å². The predicted molar refractivity (Wildman–Crippen MR) is 124 cm³/mol. The molecule has 0 unspecified atom stereocenters. The first-order valence-corrected chi connectivity index (χ1v) is 10.7. The fourth-order valence-electron chi connectivity index (χ4n) is 2.49. The van der Waals surface area contributed by atoms with Gasteiger partial charge >= 0.3 is 0 Å². The highest BCUT2D eigenvalue weighted by Gasteiger charge is 2.26. The Kier molecular flexibility index (Phi) is 7.24. The monoisotopic (exact) mass is 571 g/mol. The fraction of sp³-hybridized carbons (Fsp3) is 0.0526. The average molecular weight is 574 g/mol. The molecule has 3 N–H and O–H groups in total. The molecule has 11 heteroatoms. The molecule has 30 heavy (non-hydrogen) atoms. The maximum atomic E-state index is 12.3. The maximum absolute atomic E-state index is 12.3. The highest BCUT2D eigenvalue weighted by atomic mass is 79.9. The summed E-state index contributed by atoms with van der Waals surface area (Å²) in [6, 6.07) is 10.2. The van der Waals surface area contributed by atoms with Gasteiger partial charge in [-0.2, -0.15) is 0 Å². The number of rotatable bonds is 5. The van der Waals surface area contributed by atoms with Gasteiger partial charge in [0.05, 0.1) is 15.2 Å². The molecule has 7 nitrogen and oxygen atoms in total. The number of thiocarbonyl (C=S) groups is 1. The van der Waals surface area contributed by atoms with E-state index in [9.17, 15) is 14.4 Å². The van der Waals surface area contributed by atoms with Gasteiger partial charge in [-0.3, -0.25) is 25.0 Å². The van der Waals surface area contributed by atoms with E-state index in [2.05, 4.69) is 47.8 Å². The number of halogens is 3. The fourth-order valence-corrected chi connectivity index (χ4v) is 4.23. The molecule has 1 saturated heterocycles. The standard InChI is InChI=1S/C19H12Br2ClN3O4S/c20-10-5-9(6-11-17(27)24-19(30)25-18(11)28)16(12(21)7-10)29-8-15(26)23-14-4-2-1-3-13(14)22/h1-7H,8H2,(H,23,26)(H2,24,25,27,28,30). The minimum Gasteiger partial charge on any atom is -0.482 e. The zero-order valence-electron chi connectivity index (χ0n) is 14.9. The highest BCUT2D eigenvalue weighted by Crippen LogP contribution is 2.34. The summed E-state index contributed by atoms with van der Waals surface area (Å²) in [5.41, 5.74) is 0.699. The molecule has 2 aromatic carbocycles. The molecular formula is C19H12Br2ClN3O4S. The molecule has 0 aromatic heterocycles. The van der Waals surface area contributed by atoms with E-state index in [0.29, 0.717) is 25.2 Å². The lowest BCUT2D eigenvalue weighted by atomic mass is 10.1. The number of amides is 3. The van der Waals surface area contributed by atoms with Gasteiger partial charge in [0.2, 0.25) is 0 Å². The van der Waals surface area contributed by atoms with Crippen LogP contribution in [0.1, 0.15) is 5.56 Å². The molecule has 0 spiro atoms. The second-order valence-electron chi connectivity index (χ2n) is 5.92. The third-order valence-electron chi connectivity index (χ3n) is 3.78. The number of carbonyl (C=O) groups excluding carboxylic acids is 3. The Morgan fingerprint density at radius 3 is 2.50 bits per heavy atom. The lowest BCUT2D eigenvalue weighted by molar-refractivity contribution is -0.123. The topological polar surface area (TPSA) is 96.5 Å². The van der Waals surface area contributed by atoms with Crippen LogP contribution in [0.5, 0.6) is 5.75 Å². The summed E-state index contributed by atoms with van der Waals surface area (Å²) in [7, 11) is 0. The van der Waals surface area contributed by atoms with Gasteiger partial charge in [-0.25, -0.2) is 0 Å². The summed E-state index contributed by atoms with van der Waals surface area (Å²) >= 11 is 17.6. The molecule has 1 aliphatic rings. The van der Waals surface area contributed by atoms with Crippen molar-refractivity contribution >= 4 is 90.3 Å². The van der Waals surface area contributed by atoms with Crippen LogP contribution in [0, 0.1) is 0 Å². The van der Waals surface area contributed by atoms with Gasteiger partial charge in [-0.1, -0.05) is 39.7 Å². The molecule has 0 atom stereocenters. The van der Waals surface area contributed by atoms with E-state index in [1.54, 1.807) is 36.4 Å². The van der Waals surface area contributed by atoms with Crippen molar-refractivity contribution in [3.63, 3.8) is 0 Å². The number of carbonyl (C=O) groups is 3. The van der Waals surface area contributed by atoms with Gasteiger partial charge in [0.25, 0.3) is 17.7 Å². The van der Waals surface area contributed by atoms with E-state index in [0.717, 1.165) is 0 Å². The van der Waals surface area contributed by atoms with Crippen LogP contribution in [0.2, 0.25) is 5.02 Å². The summed E-state index contributed by atoms with van der Waals surface area (Å²) in [6.45, 7) is -0.329. The predicted octanol–water partition coefficient (Wildman–Crippen LogP) is 3.80. The molecule has 3 rings (SSSR count). The second kappa shape index (κ2) is 9.69. The Morgan fingerprint density at radius 1 is 1.17 bits per heavy atom. The quantitative estimate of drug-likeness (QED) is 0.287. The Balaban J connectivity index is 1.83. The van der Waals surface area contributed by atoms with Gasteiger partial charge in [-0.15, -0.1) is 0 Å². The summed E-state index contributed by atoms with van der Waals surface area (Å²) in [4.78, 5) is 36.5. The molecule has 0 radical (unpaired) electrons. The minimum atomic E-state index is -0.637. The molecule has 1 heterocycles. The van der Waals surface area contributed by atoms with Crippen LogP contribution in [0.15, 0.2) is 50.9 Å². The van der Waals surface area contributed by atoms with Crippen LogP contribution in [-0.2, 0) is 14.4 Å². The van der Waals surface area contributed by atoms with E-state index in [-0.39, 0.29) is 23.0 Å². The van der Waals surface area contributed by atoms with Crippen molar-refractivity contribution < 1.29 is 19.1 Å². The van der Waals surface area contributed by atoms with Crippen LogP contribution in [0.4, 0.5) is 5.69 Å². The van der Waals surface area contributed by atoms with Gasteiger partial charge in [0, 0.05) is 10.0 Å². The second-order valence-corrected chi connectivity index (χ2v) is 8.50. The zero-order valence-corrected chi connectivity index (χ0v) is 19.7.